The minimum absolute atomic E-state index is 0.0556. The number of halogens is 2. The summed E-state index contributed by atoms with van der Waals surface area (Å²) >= 11 is 0. The Morgan fingerprint density at radius 2 is 1.83 bits per heavy atom. The Balaban J connectivity index is 1.93. The van der Waals surface area contributed by atoms with E-state index in [9.17, 15) is 23.5 Å². The van der Waals surface area contributed by atoms with Crippen molar-refractivity contribution in [1.29, 1.82) is 0 Å². The molecule has 0 amide bonds. The average Bonchev–Trinajstić information content (AvgIpc) is 2.98. The van der Waals surface area contributed by atoms with Crippen molar-refractivity contribution in [2.45, 2.75) is 12.3 Å². The number of ketones is 1. The number of rotatable bonds is 5. The molecule has 1 heterocycles. The van der Waals surface area contributed by atoms with Crippen LogP contribution in [0.2, 0.25) is 0 Å². The van der Waals surface area contributed by atoms with E-state index < -0.39 is 29.3 Å². The second-order valence-electron chi connectivity index (χ2n) is 5.44. The minimum atomic E-state index is -1.16. The van der Waals surface area contributed by atoms with E-state index >= 15 is 0 Å². The fraction of sp³-hybridized carbons (Fsp3) is 0.111. The molecule has 0 aliphatic carbocycles. The number of H-pyrrole nitrogens is 1. The molecular formula is C18H13F2NO3. The molecule has 2 aromatic carbocycles. The van der Waals surface area contributed by atoms with Gasteiger partial charge in [0, 0.05) is 29.1 Å². The Bertz CT molecular complexity index is 933. The molecule has 3 aromatic rings. The maximum absolute atomic E-state index is 13.3. The molecular weight excluding hydrogens is 316 g/mol. The van der Waals surface area contributed by atoms with Crippen LogP contribution in [0.1, 0.15) is 28.3 Å². The number of hydrogen-bond acceptors (Lipinski definition) is 2. The molecule has 3 rings (SSSR count). The third kappa shape index (κ3) is 2.90. The smallest absolute Gasteiger partial charge is 0.311 e. The van der Waals surface area contributed by atoms with Gasteiger partial charge in [-0.15, -0.1) is 0 Å². The number of fused-ring (bicyclic) bond motifs is 1. The molecule has 1 aromatic heterocycles. The third-order valence-corrected chi connectivity index (χ3v) is 3.93. The van der Waals surface area contributed by atoms with Crippen molar-refractivity contribution in [2.24, 2.45) is 0 Å². The molecule has 24 heavy (non-hydrogen) atoms. The standard InChI is InChI=1S/C18H13F2NO3/c19-14-6-5-10(7-15(14)20)17(22)8-12(18(23)24)13-9-21-16-4-2-1-3-11(13)16/h1-7,9,12,21H,8H2,(H,23,24). The van der Waals surface area contributed by atoms with Gasteiger partial charge in [-0.3, -0.25) is 9.59 Å². The molecule has 0 fully saturated rings. The van der Waals surface area contributed by atoms with Gasteiger partial charge in [0.15, 0.2) is 17.4 Å². The van der Waals surface area contributed by atoms with E-state index in [1.165, 1.54) is 0 Å². The lowest BCUT2D eigenvalue weighted by Crippen LogP contribution is -2.16. The number of aromatic amines is 1. The van der Waals surface area contributed by atoms with Crippen LogP contribution in [0, 0.1) is 11.6 Å². The van der Waals surface area contributed by atoms with Crippen molar-refractivity contribution in [3.63, 3.8) is 0 Å². The number of Topliss-reactive ketones (excluding diaryl/α,β-unsaturated/α-hetero) is 1. The fourth-order valence-corrected chi connectivity index (χ4v) is 2.69. The van der Waals surface area contributed by atoms with Crippen LogP contribution in [0.4, 0.5) is 8.78 Å². The van der Waals surface area contributed by atoms with Gasteiger partial charge < -0.3 is 10.1 Å². The van der Waals surface area contributed by atoms with Crippen molar-refractivity contribution in [3.05, 3.63) is 71.4 Å². The van der Waals surface area contributed by atoms with E-state index in [4.69, 9.17) is 0 Å². The van der Waals surface area contributed by atoms with Gasteiger partial charge in [0.2, 0.25) is 0 Å². The normalized spacial score (nSPS) is 12.2. The Morgan fingerprint density at radius 3 is 2.54 bits per heavy atom. The molecule has 0 aliphatic heterocycles. The van der Waals surface area contributed by atoms with Crippen LogP contribution < -0.4 is 0 Å². The lowest BCUT2D eigenvalue weighted by atomic mass is 9.91. The largest absolute Gasteiger partial charge is 0.481 e. The number of carbonyl (C=O) groups is 2. The molecule has 0 bridgehead atoms. The number of aromatic nitrogens is 1. The molecule has 0 spiro atoms. The van der Waals surface area contributed by atoms with Gasteiger partial charge in [0.25, 0.3) is 0 Å². The highest BCUT2D eigenvalue weighted by Crippen LogP contribution is 2.29. The van der Waals surface area contributed by atoms with E-state index in [0.717, 1.165) is 23.7 Å². The first kappa shape index (κ1) is 15.9. The van der Waals surface area contributed by atoms with Gasteiger partial charge in [0.05, 0.1) is 5.92 Å². The molecule has 1 atom stereocenters. The first-order valence-electron chi connectivity index (χ1n) is 7.24. The summed E-state index contributed by atoms with van der Waals surface area (Å²) in [7, 11) is 0. The Labute approximate surface area is 135 Å². The van der Waals surface area contributed by atoms with Crippen molar-refractivity contribution in [1.82, 2.24) is 4.98 Å². The lowest BCUT2D eigenvalue weighted by molar-refractivity contribution is -0.138. The number of hydrogen-bond donors (Lipinski definition) is 2. The van der Waals surface area contributed by atoms with E-state index in [0.29, 0.717) is 10.9 Å². The number of carboxylic acid groups (broad SMARTS) is 1. The molecule has 0 saturated heterocycles. The molecule has 6 heteroatoms. The Morgan fingerprint density at radius 1 is 1.08 bits per heavy atom. The molecule has 0 aliphatic rings. The summed E-state index contributed by atoms with van der Waals surface area (Å²) in [6, 6.07) is 9.93. The summed E-state index contributed by atoms with van der Waals surface area (Å²) in [5.74, 6) is -5.00. The van der Waals surface area contributed by atoms with Crippen molar-refractivity contribution in [2.75, 3.05) is 0 Å². The zero-order valence-electron chi connectivity index (χ0n) is 12.4. The summed E-state index contributed by atoms with van der Waals surface area (Å²) in [6.45, 7) is 0. The Hall–Kier alpha value is -3.02. The second-order valence-corrected chi connectivity index (χ2v) is 5.44. The number of carbonyl (C=O) groups excluding carboxylic acids is 1. The molecule has 2 N–H and O–H groups in total. The van der Waals surface area contributed by atoms with E-state index in [-0.39, 0.29) is 12.0 Å². The summed E-state index contributed by atoms with van der Waals surface area (Å²) in [4.78, 5) is 26.9. The highest BCUT2D eigenvalue weighted by molar-refractivity contribution is 6.00. The number of aliphatic carboxylic acids is 1. The quantitative estimate of drug-likeness (QED) is 0.698. The topological polar surface area (TPSA) is 70.2 Å². The number of nitrogens with one attached hydrogen (secondary N) is 1. The van der Waals surface area contributed by atoms with Gasteiger partial charge in [0.1, 0.15) is 0 Å². The van der Waals surface area contributed by atoms with Gasteiger partial charge >= 0.3 is 5.97 Å². The van der Waals surface area contributed by atoms with Crippen LogP contribution in [0.3, 0.4) is 0 Å². The van der Waals surface area contributed by atoms with Gasteiger partial charge in [-0.05, 0) is 29.8 Å². The fourth-order valence-electron chi connectivity index (χ4n) is 2.69. The molecule has 122 valence electrons. The summed E-state index contributed by atoms with van der Waals surface area (Å²) in [5, 5.41) is 10.2. The number of benzene rings is 2. The van der Waals surface area contributed by atoms with E-state index in [2.05, 4.69) is 4.98 Å². The van der Waals surface area contributed by atoms with Crippen molar-refractivity contribution in [3.8, 4) is 0 Å². The average molecular weight is 329 g/mol. The molecule has 1 unspecified atom stereocenters. The van der Waals surface area contributed by atoms with Gasteiger partial charge in [-0.1, -0.05) is 18.2 Å². The zero-order valence-corrected chi connectivity index (χ0v) is 12.4. The number of carboxylic acids is 1. The Kier molecular flexibility index (Phi) is 4.12. The van der Waals surface area contributed by atoms with E-state index in [1.807, 2.05) is 6.07 Å². The van der Waals surface area contributed by atoms with Crippen LogP contribution in [-0.2, 0) is 4.79 Å². The summed E-state index contributed by atoms with van der Waals surface area (Å²) in [5.41, 5.74) is 1.19. The van der Waals surface area contributed by atoms with Crippen LogP contribution in [0.5, 0.6) is 0 Å². The third-order valence-electron chi connectivity index (χ3n) is 3.93. The maximum Gasteiger partial charge on any atom is 0.311 e. The lowest BCUT2D eigenvalue weighted by Gasteiger charge is -2.11. The molecule has 0 saturated carbocycles. The first-order valence-corrected chi connectivity index (χ1v) is 7.24. The van der Waals surface area contributed by atoms with Crippen LogP contribution in [0.15, 0.2) is 48.7 Å². The van der Waals surface area contributed by atoms with Crippen LogP contribution >= 0.6 is 0 Å². The predicted molar refractivity (Wildman–Crippen MR) is 84.0 cm³/mol. The number of para-hydroxylation sites is 1. The van der Waals surface area contributed by atoms with Gasteiger partial charge in [-0.2, -0.15) is 0 Å². The zero-order chi connectivity index (χ0) is 17.3. The predicted octanol–water partition coefficient (Wildman–Crippen LogP) is 3.89. The molecule has 4 nitrogen and oxygen atoms in total. The van der Waals surface area contributed by atoms with Crippen molar-refractivity contribution < 1.29 is 23.5 Å². The van der Waals surface area contributed by atoms with Crippen LogP contribution in [0.25, 0.3) is 10.9 Å². The summed E-state index contributed by atoms with van der Waals surface area (Å²) in [6.07, 6.45) is 1.21. The highest BCUT2D eigenvalue weighted by atomic mass is 19.2. The monoisotopic (exact) mass is 329 g/mol. The second kappa shape index (κ2) is 6.23. The minimum Gasteiger partial charge on any atom is -0.481 e. The first-order chi connectivity index (χ1) is 11.5. The van der Waals surface area contributed by atoms with E-state index in [1.54, 1.807) is 24.4 Å². The SMILES string of the molecule is O=C(CC(C(=O)O)c1c[nH]c2ccccc12)c1ccc(F)c(F)c1. The maximum atomic E-state index is 13.3. The molecule has 0 radical (unpaired) electrons. The van der Waals surface area contributed by atoms with Crippen LogP contribution in [-0.4, -0.2) is 21.8 Å². The van der Waals surface area contributed by atoms with Crippen molar-refractivity contribution >= 4 is 22.7 Å². The highest BCUT2D eigenvalue weighted by Gasteiger charge is 2.26. The summed E-state index contributed by atoms with van der Waals surface area (Å²) < 4.78 is 26.2. The van der Waals surface area contributed by atoms with Gasteiger partial charge in [-0.25, -0.2) is 8.78 Å².